The standard InChI is InChI=1S/C14H23N/c1-11(2)14(3,4)13(15-5)12-9-7-6-8-10-12/h6-11,13,15H,1-5H3. The average Bonchev–Trinajstić information content (AvgIpc) is 2.19. The van der Waals surface area contributed by atoms with E-state index in [1.807, 2.05) is 7.05 Å². The summed E-state index contributed by atoms with van der Waals surface area (Å²) in [5, 5.41) is 3.44. The summed E-state index contributed by atoms with van der Waals surface area (Å²) in [5.41, 5.74) is 1.63. The molecule has 0 amide bonds. The van der Waals surface area contributed by atoms with Gasteiger partial charge in [0, 0.05) is 6.04 Å². The van der Waals surface area contributed by atoms with Gasteiger partial charge in [-0.05, 0) is 23.9 Å². The maximum absolute atomic E-state index is 3.44. The number of hydrogen-bond acceptors (Lipinski definition) is 1. The monoisotopic (exact) mass is 205 g/mol. The number of hydrogen-bond donors (Lipinski definition) is 1. The van der Waals surface area contributed by atoms with Gasteiger partial charge in [-0.15, -0.1) is 0 Å². The molecule has 1 unspecified atom stereocenters. The number of nitrogens with one attached hydrogen (secondary N) is 1. The van der Waals surface area contributed by atoms with Crippen molar-refractivity contribution in [3.63, 3.8) is 0 Å². The van der Waals surface area contributed by atoms with E-state index < -0.39 is 0 Å². The van der Waals surface area contributed by atoms with Crippen LogP contribution in [-0.4, -0.2) is 7.05 Å². The molecule has 1 heteroatoms. The van der Waals surface area contributed by atoms with E-state index in [2.05, 4.69) is 63.3 Å². The Morgan fingerprint density at radius 3 is 2.00 bits per heavy atom. The van der Waals surface area contributed by atoms with Crippen LogP contribution >= 0.6 is 0 Å². The highest BCUT2D eigenvalue weighted by molar-refractivity contribution is 5.21. The molecule has 0 spiro atoms. The van der Waals surface area contributed by atoms with E-state index in [1.165, 1.54) is 5.56 Å². The third-order valence-electron chi connectivity index (χ3n) is 3.65. The van der Waals surface area contributed by atoms with Gasteiger partial charge in [-0.2, -0.15) is 0 Å². The molecule has 1 nitrogen and oxygen atoms in total. The van der Waals surface area contributed by atoms with Crippen molar-refractivity contribution in [1.82, 2.24) is 5.32 Å². The zero-order valence-corrected chi connectivity index (χ0v) is 10.5. The Balaban J connectivity index is 2.99. The quantitative estimate of drug-likeness (QED) is 0.791. The van der Waals surface area contributed by atoms with Crippen LogP contribution in [0.3, 0.4) is 0 Å². The molecule has 0 saturated heterocycles. The number of rotatable bonds is 4. The van der Waals surface area contributed by atoms with Crippen LogP contribution in [0.15, 0.2) is 30.3 Å². The summed E-state index contributed by atoms with van der Waals surface area (Å²) < 4.78 is 0. The summed E-state index contributed by atoms with van der Waals surface area (Å²) in [6.45, 7) is 9.22. The summed E-state index contributed by atoms with van der Waals surface area (Å²) in [4.78, 5) is 0. The van der Waals surface area contributed by atoms with Gasteiger partial charge in [-0.3, -0.25) is 0 Å². The van der Waals surface area contributed by atoms with Crippen LogP contribution in [0.5, 0.6) is 0 Å². The summed E-state index contributed by atoms with van der Waals surface area (Å²) >= 11 is 0. The molecule has 15 heavy (non-hydrogen) atoms. The molecule has 0 saturated carbocycles. The van der Waals surface area contributed by atoms with Crippen LogP contribution in [0.4, 0.5) is 0 Å². The Hall–Kier alpha value is -0.820. The van der Waals surface area contributed by atoms with Crippen LogP contribution in [0.1, 0.15) is 39.3 Å². The third-order valence-corrected chi connectivity index (χ3v) is 3.65. The molecule has 1 aromatic rings. The van der Waals surface area contributed by atoms with E-state index in [0.717, 1.165) is 0 Å². The second-order valence-electron chi connectivity index (χ2n) is 5.11. The molecule has 0 fully saturated rings. The van der Waals surface area contributed by atoms with Crippen molar-refractivity contribution in [2.45, 2.75) is 33.7 Å². The lowest BCUT2D eigenvalue weighted by molar-refractivity contribution is 0.172. The maximum atomic E-state index is 3.44. The predicted octanol–water partition coefficient (Wildman–Crippen LogP) is 3.63. The topological polar surface area (TPSA) is 12.0 Å². The Morgan fingerprint density at radius 2 is 1.60 bits per heavy atom. The van der Waals surface area contributed by atoms with E-state index in [9.17, 15) is 0 Å². The van der Waals surface area contributed by atoms with Gasteiger partial charge in [0.15, 0.2) is 0 Å². The molecule has 0 radical (unpaired) electrons. The van der Waals surface area contributed by atoms with Gasteiger partial charge in [0.05, 0.1) is 0 Å². The molecule has 0 bridgehead atoms. The second kappa shape index (κ2) is 4.80. The maximum Gasteiger partial charge on any atom is 0.0371 e. The summed E-state index contributed by atoms with van der Waals surface area (Å²) in [6, 6.07) is 11.1. The summed E-state index contributed by atoms with van der Waals surface area (Å²) in [5.74, 6) is 0.648. The van der Waals surface area contributed by atoms with E-state index in [4.69, 9.17) is 0 Å². The molecule has 0 aromatic heterocycles. The van der Waals surface area contributed by atoms with Crippen molar-refractivity contribution in [3.05, 3.63) is 35.9 Å². The molecule has 0 heterocycles. The highest BCUT2D eigenvalue weighted by atomic mass is 14.9. The van der Waals surface area contributed by atoms with Gasteiger partial charge in [-0.1, -0.05) is 58.0 Å². The second-order valence-corrected chi connectivity index (χ2v) is 5.11. The number of benzene rings is 1. The lowest BCUT2D eigenvalue weighted by Crippen LogP contribution is -2.35. The van der Waals surface area contributed by atoms with Crippen molar-refractivity contribution < 1.29 is 0 Å². The Morgan fingerprint density at radius 1 is 1.07 bits per heavy atom. The molecule has 1 aromatic carbocycles. The van der Waals surface area contributed by atoms with E-state index >= 15 is 0 Å². The first-order valence-corrected chi connectivity index (χ1v) is 5.72. The van der Waals surface area contributed by atoms with Gasteiger partial charge >= 0.3 is 0 Å². The van der Waals surface area contributed by atoms with Crippen LogP contribution in [0.25, 0.3) is 0 Å². The summed E-state index contributed by atoms with van der Waals surface area (Å²) in [6.07, 6.45) is 0. The molecule has 1 N–H and O–H groups in total. The highest BCUT2D eigenvalue weighted by Gasteiger charge is 2.32. The van der Waals surface area contributed by atoms with Gasteiger partial charge in [0.1, 0.15) is 0 Å². The molecule has 1 atom stereocenters. The van der Waals surface area contributed by atoms with Gasteiger partial charge in [0.25, 0.3) is 0 Å². The predicted molar refractivity (Wildman–Crippen MR) is 66.9 cm³/mol. The fraction of sp³-hybridized carbons (Fsp3) is 0.571. The summed E-state index contributed by atoms with van der Waals surface area (Å²) in [7, 11) is 2.04. The first kappa shape index (κ1) is 12.3. The fourth-order valence-corrected chi connectivity index (χ4v) is 1.95. The smallest absolute Gasteiger partial charge is 0.0371 e. The first-order valence-electron chi connectivity index (χ1n) is 5.72. The average molecular weight is 205 g/mol. The molecule has 1 rings (SSSR count). The van der Waals surface area contributed by atoms with Crippen LogP contribution in [-0.2, 0) is 0 Å². The fourth-order valence-electron chi connectivity index (χ4n) is 1.95. The lowest BCUT2D eigenvalue weighted by Gasteiger charge is -2.38. The zero-order chi connectivity index (χ0) is 11.5. The minimum atomic E-state index is 0.260. The highest BCUT2D eigenvalue weighted by Crippen LogP contribution is 2.39. The minimum absolute atomic E-state index is 0.260. The van der Waals surface area contributed by atoms with Crippen molar-refractivity contribution in [3.8, 4) is 0 Å². The minimum Gasteiger partial charge on any atom is -0.313 e. The molecule has 0 aliphatic rings. The normalized spacial score (nSPS) is 14.3. The van der Waals surface area contributed by atoms with Crippen molar-refractivity contribution in [2.75, 3.05) is 7.05 Å². The van der Waals surface area contributed by atoms with Gasteiger partial charge in [-0.25, -0.2) is 0 Å². The van der Waals surface area contributed by atoms with E-state index in [-0.39, 0.29) is 5.41 Å². The Kier molecular flexibility index (Phi) is 3.92. The lowest BCUT2D eigenvalue weighted by atomic mass is 9.72. The zero-order valence-electron chi connectivity index (χ0n) is 10.5. The van der Waals surface area contributed by atoms with Gasteiger partial charge < -0.3 is 5.32 Å². The molecule has 0 aliphatic heterocycles. The molecular formula is C14H23N. The Labute approximate surface area is 93.9 Å². The largest absolute Gasteiger partial charge is 0.313 e. The van der Waals surface area contributed by atoms with Crippen molar-refractivity contribution in [1.29, 1.82) is 0 Å². The van der Waals surface area contributed by atoms with Crippen LogP contribution in [0.2, 0.25) is 0 Å². The van der Waals surface area contributed by atoms with E-state index in [0.29, 0.717) is 12.0 Å². The molecule has 0 aliphatic carbocycles. The SMILES string of the molecule is CNC(c1ccccc1)C(C)(C)C(C)C. The van der Waals surface area contributed by atoms with Crippen LogP contribution in [0, 0.1) is 11.3 Å². The molecular weight excluding hydrogens is 182 g/mol. The van der Waals surface area contributed by atoms with Crippen molar-refractivity contribution in [2.24, 2.45) is 11.3 Å². The van der Waals surface area contributed by atoms with Crippen LogP contribution < -0.4 is 5.32 Å². The Bertz CT molecular complexity index is 287. The molecule has 84 valence electrons. The third kappa shape index (κ3) is 2.60. The first-order chi connectivity index (χ1) is 7.00. The van der Waals surface area contributed by atoms with Crippen molar-refractivity contribution >= 4 is 0 Å². The van der Waals surface area contributed by atoms with E-state index in [1.54, 1.807) is 0 Å². The van der Waals surface area contributed by atoms with Gasteiger partial charge in [0.2, 0.25) is 0 Å².